The number of carbonyl (C=O) groups excluding carboxylic acids is 1. The van der Waals surface area contributed by atoms with Gasteiger partial charge in [-0.05, 0) is 62.9 Å². The van der Waals surface area contributed by atoms with E-state index in [9.17, 15) is 4.79 Å². The van der Waals surface area contributed by atoms with Crippen molar-refractivity contribution >= 4 is 17.5 Å². The molecule has 2 aromatic heterocycles. The largest absolute Gasteiger partial charge is 0.467 e. The fraction of sp³-hybridized carbons (Fsp3) is 0.381. The number of aromatic nitrogens is 3. The van der Waals surface area contributed by atoms with Crippen molar-refractivity contribution in [3.8, 4) is 0 Å². The molecule has 5 nitrogen and oxygen atoms in total. The van der Waals surface area contributed by atoms with E-state index in [1.807, 2.05) is 44.2 Å². The van der Waals surface area contributed by atoms with Gasteiger partial charge in [0, 0.05) is 11.5 Å². The van der Waals surface area contributed by atoms with E-state index < -0.39 is 0 Å². The smallest absolute Gasteiger partial charge is 0.192 e. The van der Waals surface area contributed by atoms with Gasteiger partial charge in [0.15, 0.2) is 10.9 Å². The summed E-state index contributed by atoms with van der Waals surface area (Å²) in [5, 5.41) is 9.33. The molecule has 140 valence electrons. The quantitative estimate of drug-likeness (QED) is 0.435. The SMILES string of the molecule is Cc1ccc(C(=O)C(C)Sc2nnc(C3CC3)n2Cc2ccco2)cc1C. The van der Waals surface area contributed by atoms with E-state index in [0.29, 0.717) is 12.5 Å². The van der Waals surface area contributed by atoms with Crippen molar-refractivity contribution in [2.75, 3.05) is 0 Å². The summed E-state index contributed by atoms with van der Waals surface area (Å²) in [4.78, 5) is 12.9. The van der Waals surface area contributed by atoms with E-state index in [1.165, 1.54) is 17.3 Å². The van der Waals surface area contributed by atoms with Crippen molar-refractivity contribution < 1.29 is 9.21 Å². The number of aryl methyl sites for hydroxylation is 2. The van der Waals surface area contributed by atoms with Crippen molar-refractivity contribution in [1.29, 1.82) is 0 Å². The van der Waals surface area contributed by atoms with Gasteiger partial charge in [-0.1, -0.05) is 23.9 Å². The molecule has 27 heavy (non-hydrogen) atoms. The van der Waals surface area contributed by atoms with Gasteiger partial charge in [0.2, 0.25) is 0 Å². The maximum absolute atomic E-state index is 12.9. The summed E-state index contributed by atoms with van der Waals surface area (Å²) in [6.45, 7) is 6.62. The van der Waals surface area contributed by atoms with E-state index >= 15 is 0 Å². The molecule has 0 amide bonds. The second kappa shape index (κ2) is 7.35. The molecule has 1 fully saturated rings. The van der Waals surface area contributed by atoms with Gasteiger partial charge in [0.25, 0.3) is 0 Å². The molecular formula is C21H23N3O2S. The summed E-state index contributed by atoms with van der Waals surface area (Å²) < 4.78 is 7.61. The molecule has 1 saturated carbocycles. The van der Waals surface area contributed by atoms with Gasteiger partial charge in [-0.3, -0.25) is 9.36 Å². The van der Waals surface area contributed by atoms with Crippen molar-refractivity contribution in [2.24, 2.45) is 0 Å². The Morgan fingerprint density at radius 3 is 2.74 bits per heavy atom. The van der Waals surface area contributed by atoms with Crippen LogP contribution in [0.3, 0.4) is 0 Å². The van der Waals surface area contributed by atoms with Gasteiger partial charge in [-0.2, -0.15) is 0 Å². The average Bonchev–Trinajstić information content (AvgIpc) is 3.23. The number of carbonyl (C=O) groups is 1. The zero-order valence-corrected chi connectivity index (χ0v) is 16.6. The Hall–Kier alpha value is -2.34. The van der Waals surface area contributed by atoms with Crippen LogP contribution in [0.5, 0.6) is 0 Å². The Labute approximate surface area is 163 Å². The highest BCUT2D eigenvalue weighted by molar-refractivity contribution is 8.00. The first-order valence-electron chi connectivity index (χ1n) is 9.26. The molecule has 0 aliphatic heterocycles. The summed E-state index contributed by atoms with van der Waals surface area (Å²) in [5.74, 6) is 2.46. The second-order valence-electron chi connectivity index (χ2n) is 7.20. The summed E-state index contributed by atoms with van der Waals surface area (Å²) in [7, 11) is 0. The fourth-order valence-electron chi connectivity index (χ4n) is 3.08. The average molecular weight is 382 g/mol. The third-order valence-corrected chi connectivity index (χ3v) is 6.11. The summed E-state index contributed by atoms with van der Waals surface area (Å²) in [5.41, 5.74) is 3.08. The molecule has 6 heteroatoms. The lowest BCUT2D eigenvalue weighted by molar-refractivity contribution is 0.0993. The van der Waals surface area contributed by atoms with E-state index in [-0.39, 0.29) is 11.0 Å². The van der Waals surface area contributed by atoms with E-state index in [2.05, 4.69) is 21.7 Å². The van der Waals surface area contributed by atoms with E-state index in [1.54, 1.807) is 6.26 Å². The lowest BCUT2D eigenvalue weighted by Crippen LogP contribution is -2.15. The first-order valence-corrected chi connectivity index (χ1v) is 10.1. The highest BCUT2D eigenvalue weighted by atomic mass is 32.2. The van der Waals surface area contributed by atoms with Crippen LogP contribution in [0.1, 0.15) is 58.8 Å². The number of ketones is 1. The van der Waals surface area contributed by atoms with Crippen LogP contribution in [0.15, 0.2) is 46.2 Å². The van der Waals surface area contributed by atoms with Crippen molar-refractivity contribution in [3.05, 3.63) is 64.9 Å². The van der Waals surface area contributed by atoms with Crippen LogP contribution in [-0.4, -0.2) is 25.8 Å². The summed E-state index contributed by atoms with van der Waals surface area (Å²) in [6.07, 6.45) is 3.98. The number of hydrogen-bond donors (Lipinski definition) is 0. The second-order valence-corrected chi connectivity index (χ2v) is 8.51. The first kappa shape index (κ1) is 18.0. The number of hydrogen-bond acceptors (Lipinski definition) is 5. The molecule has 0 N–H and O–H groups in total. The number of nitrogens with zero attached hydrogens (tertiary/aromatic N) is 3. The van der Waals surface area contributed by atoms with Crippen LogP contribution in [0.2, 0.25) is 0 Å². The molecule has 1 aromatic carbocycles. The Morgan fingerprint density at radius 1 is 1.26 bits per heavy atom. The number of furan rings is 1. The normalized spacial score (nSPS) is 15.1. The maximum Gasteiger partial charge on any atom is 0.192 e. The van der Waals surface area contributed by atoms with Crippen molar-refractivity contribution in [2.45, 2.75) is 56.5 Å². The van der Waals surface area contributed by atoms with Crippen LogP contribution in [0.4, 0.5) is 0 Å². The Kier molecular flexibility index (Phi) is 4.91. The van der Waals surface area contributed by atoms with Gasteiger partial charge in [-0.25, -0.2) is 0 Å². The molecule has 2 heterocycles. The van der Waals surface area contributed by atoms with Gasteiger partial charge < -0.3 is 4.42 Å². The van der Waals surface area contributed by atoms with Crippen molar-refractivity contribution in [1.82, 2.24) is 14.8 Å². The molecule has 3 aromatic rings. The highest BCUT2D eigenvalue weighted by Crippen LogP contribution is 2.40. The highest BCUT2D eigenvalue weighted by Gasteiger charge is 2.31. The van der Waals surface area contributed by atoms with Crippen LogP contribution in [-0.2, 0) is 6.54 Å². The van der Waals surface area contributed by atoms with E-state index in [4.69, 9.17) is 4.42 Å². The van der Waals surface area contributed by atoms with E-state index in [0.717, 1.165) is 40.7 Å². The minimum absolute atomic E-state index is 0.114. The third-order valence-electron chi connectivity index (χ3n) is 5.02. The topological polar surface area (TPSA) is 60.9 Å². The van der Waals surface area contributed by atoms with Gasteiger partial charge >= 0.3 is 0 Å². The van der Waals surface area contributed by atoms with Crippen LogP contribution in [0.25, 0.3) is 0 Å². The Balaban J connectivity index is 1.56. The van der Waals surface area contributed by atoms with Gasteiger partial charge in [-0.15, -0.1) is 10.2 Å². The molecule has 0 spiro atoms. The lowest BCUT2D eigenvalue weighted by Gasteiger charge is -2.13. The number of thioether (sulfide) groups is 1. The fourth-order valence-corrected chi connectivity index (χ4v) is 4.01. The molecule has 1 aliphatic carbocycles. The predicted molar refractivity (Wildman–Crippen MR) is 105 cm³/mol. The number of Topliss-reactive ketones (excluding diaryl/α,β-unsaturated/α-hetero) is 1. The third kappa shape index (κ3) is 3.86. The standard InChI is InChI=1S/C21H23N3O2S/c1-13-6-7-17(11-14(13)2)19(25)15(3)27-21-23-22-20(16-8-9-16)24(21)12-18-5-4-10-26-18/h4-7,10-11,15-16H,8-9,12H2,1-3H3. The Bertz CT molecular complexity index is 958. The molecule has 0 radical (unpaired) electrons. The van der Waals surface area contributed by atoms with Crippen molar-refractivity contribution in [3.63, 3.8) is 0 Å². The monoisotopic (exact) mass is 381 g/mol. The van der Waals surface area contributed by atoms with Crippen LogP contribution in [0, 0.1) is 13.8 Å². The molecule has 1 unspecified atom stereocenters. The molecule has 1 atom stereocenters. The predicted octanol–water partition coefficient (Wildman–Crippen LogP) is 4.78. The van der Waals surface area contributed by atoms with Gasteiger partial charge in [0.1, 0.15) is 11.6 Å². The molecule has 0 bridgehead atoms. The summed E-state index contributed by atoms with van der Waals surface area (Å²) in [6, 6.07) is 9.72. The zero-order chi connectivity index (χ0) is 19.0. The maximum atomic E-state index is 12.9. The lowest BCUT2D eigenvalue weighted by atomic mass is 10.0. The molecule has 4 rings (SSSR count). The number of benzene rings is 1. The molecule has 0 saturated heterocycles. The first-order chi connectivity index (χ1) is 13.0. The minimum Gasteiger partial charge on any atom is -0.467 e. The molecule has 1 aliphatic rings. The minimum atomic E-state index is -0.237. The zero-order valence-electron chi connectivity index (χ0n) is 15.8. The number of rotatable bonds is 7. The van der Waals surface area contributed by atoms with Crippen LogP contribution < -0.4 is 0 Å². The summed E-state index contributed by atoms with van der Waals surface area (Å²) >= 11 is 1.47. The molecular weight excluding hydrogens is 358 g/mol. The van der Waals surface area contributed by atoms with Gasteiger partial charge in [0.05, 0.1) is 18.1 Å². The Morgan fingerprint density at radius 2 is 2.07 bits per heavy atom. The van der Waals surface area contributed by atoms with Crippen LogP contribution >= 0.6 is 11.8 Å².